The predicted molar refractivity (Wildman–Crippen MR) is 66.5 cm³/mol. The molecule has 0 aliphatic carbocycles. The Hall–Kier alpha value is -1.81. The first-order valence-electron chi connectivity index (χ1n) is 4.92. The van der Waals surface area contributed by atoms with Crippen LogP contribution in [0.25, 0.3) is 0 Å². The zero-order chi connectivity index (χ0) is 13.0. The second-order valence-corrected chi connectivity index (χ2v) is 3.83. The van der Waals surface area contributed by atoms with Gasteiger partial charge in [-0.2, -0.15) is 0 Å². The first kappa shape index (κ1) is 13.3. The number of carboxylic acids is 1. The SMILES string of the molecule is C/C=C(/C)C(=O)Nc1ccc(C(=O)O)c(Cl)c1. The highest BCUT2D eigenvalue weighted by Gasteiger charge is 2.10. The maximum absolute atomic E-state index is 11.5. The maximum atomic E-state index is 11.5. The Morgan fingerprint density at radius 1 is 1.41 bits per heavy atom. The summed E-state index contributed by atoms with van der Waals surface area (Å²) in [6.45, 7) is 3.44. The van der Waals surface area contributed by atoms with Crippen LogP contribution in [0.3, 0.4) is 0 Å². The Morgan fingerprint density at radius 2 is 2.06 bits per heavy atom. The van der Waals surface area contributed by atoms with Crippen LogP contribution in [0.5, 0.6) is 0 Å². The molecule has 4 nitrogen and oxygen atoms in total. The number of halogens is 1. The van der Waals surface area contributed by atoms with Gasteiger partial charge in [-0.3, -0.25) is 4.79 Å². The van der Waals surface area contributed by atoms with E-state index < -0.39 is 5.97 Å². The molecule has 0 fully saturated rings. The summed E-state index contributed by atoms with van der Waals surface area (Å²) in [4.78, 5) is 22.3. The molecule has 5 heteroatoms. The van der Waals surface area contributed by atoms with E-state index in [2.05, 4.69) is 5.32 Å². The van der Waals surface area contributed by atoms with E-state index in [4.69, 9.17) is 16.7 Å². The standard InChI is InChI=1S/C12H12ClNO3/c1-3-7(2)11(15)14-8-4-5-9(12(16)17)10(13)6-8/h3-6H,1-2H3,(H,14,15)(H,16,17)/b7-3-. The molecule has 1 rings (SSSR count). The number of hydrogen-bond acceptors (Lipinski definition) is 2. The van der Waals surface area contributed by atoms with Gasteiger partial charge in [0.1, 0.15) is 0 Å². The predicted octanol–water partition coefficient (Wildman–Crippen LogP) is 2.94. The summed E-state index contributed by atoms with van der Waals surface area (Å²) in [7, 11) is 0. The fourth-order valence-corrected chi connectivity index (χ4v) is 1.39. The highest BCUT2D eigenvalue weighted by Crippen LogP contribution is 2.21. The van der Waals surface area contributed by atoms with Crippen LogP contribution >= 0.6 is 11.6 Å². The summed E-state index contributed by atoms with van der Waals surface area (Å²) in [6.07, 6.45) is 1.68. The zero-order valence-electron chi connectivity index (χ0n) is 9.45. The topological polar surface area (TPSA) is 66.4 Å². The van der Waals surface area contributed by atoms with Crippen LogP contribution in [0, 0.1) is 0 Å². The lowest BCUT2D eigenvalue weighted by Crippen LogP contribution is -2.12. The lowest BCUT2D eigenvalue weighted by Gasteiger charge is -2.06. The van der Waals surface area contributed by atoms with Gasteiger partial charge in [0.2, 0.25) is 0 Å². The first-order chi connectivity index (χ1) is 7.95. The van der Waals surface area contributed by atoms with E-state index in [1.807, 2.05) is 0 Å². The average molecular weight is 254 g/mol. The molecule has 0 heterocycles. The monoisotopic (exact) mass is 253 g/mol. The minimum absolute atomic E-state index is 0.00687. The molecule has 0 atom stereocenters. The van der Waals surface area contributed by atoms with Gasteiger partial charge >= 0.3 is 5.97 Å². The molecule has 90 valence electrons. The number of benzene rings is 1. The largest absolute Gasteiger partial charge is 0.478 e. The van der Waals surface area contributed by atoms with Gasteiger partial charge in [-0.15, -0.1) is 0 Å². The third-order valence-electron chi connectivity index (χ3n) is 2.25. The van der Waals surface area contributed by atoms with Crippen LogP contribution in [0.1, 0.15) is 24.2 Å². The molecule has 1 aromatic carbocycles. The van der Waals surface area contributed by atoms with Crippen LogP contribution in [-0.2, 0) is 4.79 Å². The number of carbonyl (C=O) groups excluding carboxylic acids is 1. The summed E-state index contributed by atoms with van der Waals surface area (Å²) >= 11 is 5.77. The van der Waals surface area contributed by atoms with Crippen LogP contribution in [0.4, 0.5) is 5.69 Å². The first-order valence-corrected chi connectivity index (χ1v) is 5.30. The fourth-order valence-electron chi connectivity index (χ4n) is 1.13. The zero-order valence-corrected chi connectivity index (χ0v) is 10.2. The van der Waals surface area contributed by atoms with Crippen molar-refractivity contribution in [2.45, 2.75) is 13.8 Å². The summed E-state index contributed by atoms with van der Waals surface area (Å²) in [6, 6.07) is 4.26. The van der Waals surface area contributed by atoms with Gasteiger partial charge in [-0.05, 0) is 32.0 Å². The lowest BCUT2D eigenvalue weighted by atomic mass is 10.2. The number of amides is 1. The second kappa shape index (κ2) is 5.50. The van der Waals surface area contributed by atoms with Crippen LogP contribution in [0.15, 0.2) is 29.8 Å². The smallest absolute Gasteiger partial charge is 0.337 e. The van der Waals surface area contributed by atoms with E-state index in [-0.39, 0.29) is 16.5 Å². The van der Waals surface area contributed by atoms with Gasteiger partial charge < -0.3 is 10.4 Å². The van der Waals surface area contributed by atoms with E-state index in [0.717, 1.165) is 0 Å². The molecular formula is C12H12ClNO3. The molecular weight excluding hydrogens is 242 g/mol. The molecule has 0 saturated carbocycles. The Balaban J connectivity index is 2.92. The van der Waals surface area contributed by atoms with E-state index in [0.29, 0.717) is 11.3 Å². The number of carbonyl (C=O) groups is 2. The number of hydrogen-bond donors (Lipinski definition) is 2. The molecule has 1 aromatic rings. The van der Waals surface area contributed by atoms with Gasteiger partial charge in [0.15, 0.2) is 0 Å². The van der Waals surface area contributed by atoms with Crippen LogP contribution in [-0.4, -0.2) is 17.0 Å². The van der Waals surface area contributed by atoms with Crippen molar-refractivity contribution in [3.63, 3.8) is 0 Å². The molecule has 1 amide bonds. The Labute approximate surface area is 104 Å². The van der Waals surface area contributed by atoms with Crippen molar-refractivity contribution >= 4 is 29.2 Å². The number of carboxylic acid groups (broad SMARTS) is 1. The molecule has 0 spiro atoms. The van der Waals surface area contributed by atoms with Crippen molar-refractivity contribution in [2.75, 3.05) is 5.32 Å². The summed E-state index contributed by atoms with van der Waals surface area (Å²) in [5.74, 6) is -1.34. The maximum Gasteiger partial charge on any atom is 0.337 e. The van der Waals surface area contributed by atoms with E-state index in [1.54, 1.807) is 19.9 Å². The minimum Gasteiger partial charge on any atom is -0.478 e. The highest BCUT2D eigenvalue weighted by molar-refractivity contribution is 6.33. The molecule has 17 heavy (non-hydrogen) atoms. The van der Waals surface area contributed by atoms with Crippen molar-refractivity contribution in [3.05, 3.63) is 40.4 Å². The van der Waals surface area contributed by atoms with Crippen molar-refractivity contribution in [2.24, 2.45) is 0 Å². The highest BCUT2D eigenvalue weighted by atomic mass is 35.5. The minimum atomic E-state index is -1.10. The average Bonchev–Trinajstić information content (AvgIpc) is 2.27. The third kappa shape index (κ3) is 3.32. The van der Waals surface area contributed by atoms with Gasteiger partial charge in [0.05, 0.1) is 10.6 Å². The Morgan fingerprint density at radius 3 is 2.53 bits per heavy atom. The third-order valence-corrected chi connectivity index (χ3v) is 2.56. The van der Waals surface area contributed by atoms with Gasteiger partial charge in [0, 0.05) is 11.3 Å². The van der Waals surface area contributed by atoms with Crippen molar-refractivity contribution in [3.8, 4) is 0 Å². The van der Waals surface area contributed by atoms with Gasteiger partial charge in [0.25, 0.3) is 5.91 Å². The lowest BCUT2D eigenvalue weighted by molar-refractivity contribution is -0.112. The molecule has 0 aromatic heterocycles. The number of nitrogens with one attached hydrogen (secondary N) is 1. The van der Waals surface area contributed by atoms with Crippen molar-refractivity contribution in [1.82, 2.24) is 0 Å². The number of aromatic carboxylic acids is 1. The van der Waals surface area contributed by atoms with Gasteiger partial charge in [-0.25, -0.2) is 4.79 Å². The second-order valence-electron chi connectivity index (χ2n) is 3.43. The van der Waals surface area contributed by atoms with Gasteiger partial charge in [-0.1, -0.05) is 17.7 Å². The Bertz CT molecular complexity index is 495. The molecule has 0 bridgehead atoms. The summed E-state index contributed by atoms with van der Waals surface area (Å²) < 4.78 is 0. The quantitative estimate of drug-likeness (QED) is 0.814. The van der Waals surface area contributed by atoms with E-state index in [1.165, 1.54) is 18.2 Å². The van der Waals surface area contributed by atoms with E-state index in [9.17, 15) is 9.59 Å². The molecule has 0 saturated heterocycles. The Kier molecular flexibility index (Phi) is 4.29. The van der Waals surface area contributed by atoms with Crippen molar-refractivity contribution < 1.29 is 14.7 Å². The fraction of sp³-hybridized carbons (Fsp3) is 0.167. The van der Waals surface area contributed by atoms with Crippen LogP contribution < -0.4 is 5.32 Å². The number of rotatable bonds is 3. The normalized spacial score (nSPS) is 11.1. The molecule has 0 unspecified atom stereocenters. The van der Waals surface area contributed by atoms with Crippen molar-refractivity contribution in [1.29, 1.82) is 0 Å². The van der Waals surface area contributed by atoms with E-state index >= 15 is 0 Å². The summed E-state index contributed by atoms with van der Waals surface area (Å²) in [5, 5.41) is 11.5. The molecule has 0 aliphatic rings. The number of anilines is 1. The molecule has 0 radical (unpaired) electrons. The van der Waals surface area contributed by atoms with Crippen LogP contribution in [0.2, 0.25) is 5.02 Å². The summed E-state index contributed by atoms with van der Waals surface area (Å²) in [5.41, 5.74) is 1.04. The molecule has 0 aliphatic heterocycles. The number of allylic oxidation sites excluding steroid dienone is 1. The molecule has 2 N–H and O–H groups in total.